The lowest BCUT2D eigenvalue weighted by Gasteiger charge is -2.15. The molecular weight excluding hydrogens is 298 g/mol. The van der Waals surface area contributed by atoms with Gasteiger partial charge in [0, 0.05) is 6.07 Å². The fourth-order valence-electron chi connectivity index (χ4n) is 3.15. The number of amides is 1. The van der Waals surface area contributed by atoms with Crippen molar-refractivity contribution in [3.05, 3.63) is 47.7 Å². The van der Waals surface area contributed by atoms with Crippen LogP contribution in [-0.2, 0) is 17.6 Å². The number of rotatable bonds is 7. The molecule has 1 N–H and O–H groups in total. The molecule has 1 aromatic carbocycles. The first-order chi connectivity index (χ1) is 11.5. The molecule has 0 saturated heterocycles. The van der Waals surface area contributed by atoms with Crippen LogP contribution < -0.4 is 5.32 Å². The number of nitrogens with zero attached hydrogens (tertiary/aromatic N) is 2. The highest BCUT2D eigenvalue weighted by Gasteiger charge is 2.30. The van der Waals surface area contributed by atoms with E-state index < -0.39 is 0 Å². The molecule has 24 heavy (non-hydrogen) atoms. The summed E-state index contributed by atoms with van der Waals surface area (Å²) in [6.07, 6.45) is 5.75. The van der Waals surface area contributed by atoms with Gasteiger partial charge in [0.05, 0.1) is 18.7 Å². The van der Waals surface area contributed by atoms with Gasteiger partial charge in [-0.05, 0) is 49.1 Å². The topological polar surface area (TPSA) is 46.9 Å². The molecule has 4 nitrogen and oxygen atoms in total. The van der Waals surface area contributed by atoms with Crippen molar-refractivity contribution in [1.82, 2.24) is 9.78 Å². The summed E-state index contributed by atoms with van der Waals surface area (Å²) in [5.41, 5.74) is 2.37. The molecule has 1 heterocycles. The zero-order valence-corrected chi connectivity index (χ0v) is 14.8. The van der Waals surface area contributed by atoms with Crippen LogP contribution in [-0.4, -0.2) is 15.7 Å². The molecule has 2 aromatic rings. The second-order valence-electron chi connectivity index (χ2n) is 7.38. The van der Waals surface area contributed by atoms with Crippen LogP contribution in [0.5, 0.6) is 0 Å². The van der Waals surface area contributed by atoms with E-state index >= 15 is 0 Å². The van der Waals surface area contributed by atoms with E-state index in [1.807, 2.05) is 10.7 Å². The molecule has 1 aliphatic rings. The first kappa shape index (κ1) is 16.7. The quantitative estimate of drug-likeness (QED) is 0.828. The summed E-state index contributed by atoms with van der Waals surface area (Å²) in [5.74, 6) is 2.16. The summed E-state index contributed by atoms with van der Waals surface area (Å²) in [6, 6.07) is 10.6. The fraction of sp³-hybridized carbons (Fsp3) is 0.500. The van der Waals surface area contributed by atoms with Gasteiger partial charge in [-0.3, -0.25) is 4.79 Å². The average Bonchev–Trinajstić information content (AvgIpc) is 3.28. The van der Waals surface area contributed by atoms with Gasteiger partial charge in [-0.15, -0.1) is 0 Å². The molecule has 4 heteroatoms. The van der Waals surface area contributed by atoms with E-state index in [1.165, 1.54) is 18.4 Å². The highest BCUT2D eigenvalue weighted by atomic mass is 16.1. The summed E-state index contributed by atoms with van der Waals surface area (Å²) in [5, 5.41) is 7.39. The smallest absolute Gasteiger partial charge is 0.229 e. The fourth-order valence-corrected chi connectivity index (χ4v) is 3.15. The van der Waals surface area contributed by atoms with Gasteiger partial charge in [0.1, 0.15) is 5.82 Å². The molecule has 1 unspecified atom stereocenters. The summed E-state index contributed by atoms with van der Waals surface area (Å²) >= 11 is 0. The van der Waals surface area contributed by atoms with Crippen molar-refractivity contribution in [1.29, 1.82) is 0 Å². The number of hydrogen-bond donors (Lipinski definition) is 1. The third-order valence-electron chi connectivity index (χ3n) is 4.66. The third-order valence-corrected chi connectivity index (χ3v) is 4.66. The van der Waals surface area contributed by atoms with E-state index in [2.05, 4.69) is 55.5 Å². The summed E-state index contributed by atoms with van der Waals surface area (Å²) in [7, 11) is 0. The Bertz CT molecular complexity index is 683. The lowest BCUT2D eigenvalue weighted by Crippen LogP contribution is -2.19. The van der Waals surface area contributed by atoms with E-state index in [0.717, 1.165) is 17.8 Å². The van der Waals surface area contributed by atoms with Crippen molar-refractivity contribution < 1.29 is 4.79 Å². The number of carbonyl (C=O) groups excluding carboxylic acids is 1. The van der Waals surface area contributed by atoms with E-state index in [1.54, 1.807) is 6.20 Å². The van der Waals surface area contributed by atoms with Crippen LogP contribution in [0.1, 0.15) is 50.8 Å². The van der Waals surface area contributed by atoms with Crippen LogP contribution in [0.15, 0.2) is 36.5 Å². The SMILES string of the molecule is CC(C)Cc1ccc(CC(=O)Nc2ccnn2C(C)C2CC2)cc1. The maximum absolute atomic E-state index is 12.4. The Balaban J connectivity index is 1.59. The summed E-state index contributed by atoms with van der Waals surface area (Å²) in [6.45, 7) is 6.61. The van der Waals surface area contributed by atoms with Gasteiger partial charge in [0.15, 0.2) is 0 Å². The van der Waals surface area contributed by atoms with Crippen LogP contribution in [0.3, 0.4) is 0 Å². The summed E-state index contributed by atoms with van der Waals surface area (Å²) in [4.78, 5) is 12.4. The van der Waals surface area contributed by atoms with Crippen molar-refractivity contribution in [2.24, 2.45) is 11.8 Å². The number of hydrogen-bond acceptors (Lipinski definition) is 2. The number of nitrogens with one attached hydrogen (secondary N) is 1. The molecule has 1 amide bonds. The number of benzene rings is 1. The monoisotopic (exact) mass is 325 g/mol. The molecule has 1 fully saturated rings. The number of aromatic nitrogens is 2. The van der Waals surface area contributed by atoms with Crippen LogP contribution in [0.4, 0.5) is 5.82 Å². The van der Waals surface area contributed by atoms with Gasteiger partial charge in [-0.25, -0.2) is 4.68 Å². The van der Waals surface area contributed by atoms with Gasteiger partial charge in [-0.1, -0.05) is 38.1 Å². The molecule has 1 aromatic heterocycles. The second kappa shape index (κ2) is 7.20. The average molecular weight is 325 g/mol. The number of anilines is 1. The van der Waals surface area contributed by atoms with Crippen LogP contribution >= 0.6 is 0 Å². The molecule has 1 atom stereocenters. The molecule has 0 spiro atoms. The van der Waals surface area contributed by atoms with Crippen molar-refractivity contribution >= 4 is 11.7 Å². The predicted molar refractivity (Wildman–Crippen MR) is 97.0 cm³/mol. The highest BCUT2D eigenvalue weighted by molar-refractivity contribution is 5.91. The molecule has 0 aliphatic heterocycles. The molecule has 3 rings (SSSR count). The predicted octanol–water partition coefficient (Wildman–Crippen LogP) is 4.23. The Kier molecular flexibility index (Phi) is 5.03. The van der Waals surface area contributed by atoms with Crippen molar-refractivity contribution in [3.63, 3.8) is 0 Å². The first-order valence-electron chi connectivity index (χ1n) is 8.94. The minimum atomic E-state index is 0.0105. The largest absolute Gasteiger partial charge is 0.311 e. The maximum Gasteiger partial charge on any atom is 0.229 e. The summed E-state index contributed by atoms with van der Waals surface area (Å²) < 4.78 is 1.95. The molecule has 1 saturated carbocycles. The zero-order valence-electron chi connectivity index (χ0n) is 14.8. The normalized spacial score (nSPS) is 15.5. The Morgan fingerprint density at radius 3 is 2.46 bits per heavy atom. The Labute approximate surface area is 144 Å². The van der Waals surface area contributed by atoms with Crippen LogP contribution in [0.2, 0.25) is 0 Å². The molecular formula is C20H27N3O. The Morgan fingerprint density at radius 2 is 1.83 bits per heavy atom. The van der Waals surface area contributed by atoms with Gasteiger partial charge >= 0.3 is 0 Å². The van der Waals surface area contributed by atoms with Crippen LogP contribution in [0, 0.1) is 11.8 Å². The lowest BCUT2D eigenvalue weighted by molar-refractivity contribution is -0.115. The third kappa shape index (κ3) is 4.25. The minimum Gasteiger partial charge on any atom is -0.311 e. The van der Waals surface area contributed by atoms with Crippen molar-refractivity contribution in [2.75, 3.05) is 5.32 Å². The van der Waals surface area contributed by atoms with Gasteiger partial charge in [-0.2, -0.15) is 5.10 Å². The first-order valence-corrected chi connectivity index (χ1v) is 8.94. The maximum atomic E-state index is 12.4. The minimum absolute atomic E-state index is 0.0105. The molecule has 0 bridgehead atoms. The Morgan fingerprint density at radius 1 is 1.17 bits per heavy atom. The van der Waals surface area contributed by atoms with Crippen molar-refractivity contribution in [3.8, 4) is 0 Å². The molecule has 0 radical (unpaired) electrons. The lowest BCUT2D eigenvalue weighted by atomic mass is 10.0. The van der Waals surface area contributed by atoms with Gasteiger partial charge in [0.2, 0.25) is 5.91 Å². The van der Waals surface area contributed by atoms with Crippen molar-refractivity contribution in [2.45, 2.75) is 52.5 Å². The van der Waals surface area contributed by atoms with E-state index in [9.17, 15) is 4.79 Å². The number of carbonyl (C=O) groups is 1. The van der Waals surface area contributed by atoms with E-state index in [-0.39, 0.29) is 5.91 Å². The van der Waals surface area contributed by atoms with Gasteiger partial charge < -0.3 is 5.32 Å². The molecule has 128 valence electrons. The standard InChI is InChI=1S/C20H27N3O/c1-14(2)12-16-4-6-17(7-5-16)13-20(24)22-19-10-11-21-23(19)15(3)18-8-9-18/h4-7,10-11,14-15,18H,8-9,12-13H2,1-3H3,(H,22,24). The van der Waals surface area contributed by atoms with Gasteiger partial charge in [0.25, 0.3) is 0 Å². The van der Waals surface area contributed by atoms with Crippen LogP contribution in [0.25, 0.3) is 0 Å². The Hall–Kier alpha value is -2.10. The van der Waals surface area contributed by atoms with E-state index in [4.69, 9.17) is 0 Å². The highest BCUT2D eigenvalue weighted by Crippen LogP contribution is 2.40. The van der Waals surface area contributed by atoms with E-state index in [0.29, 0.717) is 24.3 Å². The zero-order chi connectivity index (χ0) is 17.1. The second-order valence-corrected chi connectivity index (χ2v) is 7.38. The molecule has 1 aliphatic carbocycles.